The molecule has 3 rings (SSSR count). The fraction of sp³-hybridized carbons (Fsp3) is 0.500. The summed E-state index contributed by atoms with van der Waals surface area (Å²) in [5, 5.41) is 0. The summed E-state index contributed by atoms with van der Waals surface area (Å²) in [4.78, 5) is 26.5. The van der Waals surface area contributed by atoms with Crippen LogP contribution < -0.4 is 15.5 Å². The lowest BCUT2D eigenvalue weighted by Gasteiger charge is -2.25. The van der Waals surface area contributed by atoms with Gasteiger partial charge >= 0.3 is 12.3 Å². The van der Waals surface area contributed by atoms with E-state index in [4.69, 9.17) is 10.5 Å². The number of nitrogens with zero attached hydrogens (tertiary/aromatic N) is 2. The fourth-order valence-corrected chi connectivity index (χ4v) is 2.68. The first-order valence-electron chi connectivity index (χ1n) is 7.93. The van der Waals surface area contributed by atoms with E-state index in [1.54, 1.807) is 6.07 Å². The van der Waals surface area contributed by atoms with Gasteiger partial charge in [-0.3, -0.25) is 14.6 Å². The van der Waals surface area contributed by atoms with Crippen molar-refractivity contribution in [2.75, 3.05) is 29.5 Å². The van der Waals surface area contributed by atoms with E-state index in [1.165, 1.54) is 18.2 Å². The van der Waals surface area contributed by atoms with Crippen molar-refractivity contribution in [3.63, 3.8) is 0 Å². The fourth-order valence-electron chi connectivity index (χ4n) is 2.68. The number of amides is 2. The molecule has 1 unspecified atom stereocenters. The van der Waals surface area contributed by atoms with Gasteiger partial charge in [0.1, 0.15) is 12.6 Å². The largest absolute Gasteiger partial charge is 0.449 e. The highest BCUT2D eigenvalue weighted by Gasteiger charge is 2.40. The van der Waals surface area contributed by atoms with Gasteiger partial charge in [-0.2, -0.15) is 13.2 Å². The molecule has 0 spiro atoms. The van der Waals surface area contributed by atoms with Crippen molar-refractivity contribution < 1.29 is 27.5 Å². The van der Waals surface area contributed by atoms with Gasteiger partial charge < -0.3 is 10.5 Å². The van der Waals surface area contributed by atoms with E-state index in [0.717, 1.165) is 17.7 Å². The molecule has 136 valence electrons. The van der Waals surface area contributed by atoms with Crippen LogP contribution in [0.2, 0.25) is 0 Å². The maximum Gasteiger partial charge on any atom is 0.414 e. The summed E-state index contributed by atoms with van der Waals surface area (Å²) in [6.45, 7) is -1.46. The molecule has 2 amide bonds. The predicted octanol–water partition coefficient (Wildman–Crippen LogP) is 2.28. The van der Waals surface area contributed by atoms with Crippen molar-refractivity contribution in [1.82, 2.24) is 0 Å². The van der Waals surface area contributed by atoms with Crippen molar-refractivity contribution in [3.05, 3.63) is 24.3 Å². The van der Waals surface area contributed by atoms with Crippen LogP contribution in [0.25, 0.3) is 0 Å². The zero-order valence-electron chi connectivity index (χ0n) is 13.3. The SMILES string of the molecule is NC1CN(C(=O)OCC2CC2)c2ccccc2N(CC(F)(F)F)C1=O. The van der Waals surface area contributed by atoms with Crippen LogP contribution in [-0.4, -0.2) is 43.9 Å². The first-order valence-corrected chi connectivity index (χ1v) is 7.93. The average Bonchev–Trinajstić information content (AvgIpc) is 3.38. The number of para-hydroxylation sites is 2. The van der Waals surface area contributed by atoms with Gasteiger partial charge in [0.25, 0.3) is 0 Å². The van der Waals surface area contributed by atoms with Gasteiger partial charge in [-0.15, -0.1) is 0 Å². The Morgan fingerprint density at radius 3 is 2.48 bits per heavy atom. The van der Waals surface area contributed by atoms with Crippen LogP contribution in [0.4, 0.5) is 29.3 Å². The van der Waals surface area contributed by atoms with Crippen molar-refractivity contribution in [3.8, 4) is 0 Å². The van der Waals surface area contributed by atoms with E-state index in [0.29, 0.717) is 10.8 Å². The van der Waals surface area contributed by atoms with Gasteiger partial charge in [-0.05, 0) is 30.9 Å². The number of anilines is 2. The number of halogens is 3. The first kappa shape index (κ1) is 17.5. The van der Waals surface area contributed by atoms with Gasteiger partial charge in [-0.1, -0.05) is 12.1 Å². The minimum atomic E-state index is -4.59. The van der Waals surface area contributed by atoms with Crippen LogP contribution in [0.15, 0.2) is 24.3 Å². The molecule has 0 bridgehead atoms. The smallest absolute Gasteiger partial charge is 0.414 e. The van der Waals surface area contributed by atoms with Crippen molar-refractivity contribution >= 4 is 23.4 Å². The Kier molecular flexibility index (Phi) is 4.59. The second-order valence-electron chi connectivity index (χ2n) is 6.27. The Balaban J connectivity index is 1.93. The summed E-state index contributed by atoms with van der Waals surface area (Å²) >= 11 is 0. The van der Waals surface area contributed by atoms with Crippen LogP contribution >= 0.6 is 0 Å². The molecule has 25 heavy (non-hydrogen) atoms. The Hall–Kier alpha value is -2.29. The normalized spacial score (nSPS) is 21.0. The Labute approximate surface area is 142 Å². The molecule has 9 heteroatoms. The second kappa shape index (κ2) is 6.55. The van der Waals surface area contributed by atoms with Crippen LogP contribution in [0.1, 0.15) is 12.8 Å². The maximum absolute atomic E-state index is 12.9. The topological polar surface area (TPSA) is 75.9 Å². The van der Waals surface area contributed by atoms with E-state index in [9.17, 15) is 22.8 Å². The lowest BCUT2D eigenvalue weighted by molar-refractivity contribution is -0.132. The molecule has 6 nitrogen and oxygen atoms in total. The van der Waals surface area contributed by atoms with Crippen molar-refractivity contribution in [2.24, 2.45) is 11.7 Å². The Bertz CT molecular complexity index is 676. The molecule has 2 N–H and O–H groups in total. The van der Waals surface area contributed by atoms with Gasteiger partial charge in [0.15, 0.2) is 0 Å². The highest BCUT2D eigenvalue weighted by Crippen LogP contribution is 2.35. The van der Waals surface area contributed by atoms with Gasteiger partial charge in [-0.25, -0.2) is 4.79 Å². The third-order valence-electron chi connectivity index (χ3n) is 4.12. The van der Waals surface area contributed by atoms with Crippen molar-refractivity contribution in [1.29, 1.82) is 0 Å². The summed E-state index contributed by atoms with van der Waals surface area (Å²) < 4.78 is 43.9. The van der Waals surface area contributed by atoms with E-state index in [1.807, 2.05) is 0 Å². The summed E-state index contributed by atoms with van der Waals surface area (Å²) in [6.07, 6.45) is -3.33. The number of hydrogen-bond acceptors (Lipinski definition) is 4. The number of nitrogens with two attached hydrogens (primary N) is 1. The zero-order valence-corrected chi connectivity index (χ0v) is 13.3. The molecule has 1 aliphatic heterocycles. The lowest BCUT2D eigenvalue weighted by Crippen LogP contribution is -2.50. The van der Waals surface area contributed by atoms with E-state index >= 15 is 0 Å². The molecule has 0 radical (unpaired) electrons. The minimum Gasteiger partial charge on any atom is -0.449 e. The van der Waals surface area contributed by atoms with E-state index in [2.05, 4.69) is 0 Å². The molecule has 1 aromatic rings. The van der Waals surface area contributed by atoms with E-state index in [-0.39, 0.29) is 24.5 Å². The molecular formula is C16H18F3N3O3. The Morgan fingerprint density at radius 1 is 1.24 bits per heavy atom. The molecule has 1 aliphatic carbocycles. The third kappa shape index (κ3) is 4.04. The van der Waals surface area contributed by atoms with Crippen molar-refractivity contribution in [2.45, 2.75) is 25.1 Å². The van der Waals surface area contributed by atoms with E-state index < -0.39 is 30.8 Å². The lowest BCUT2D eigenvalue weighted by atomic mass is 10.2. The molecule has 2 aliphatic rings. The second-order valence-corrected chi connectivity index (χ2v) is 6.27. The number of carbonyl (C=O) groups is 2. The molecule has 1 saturated carbocycles. The number of fused-ring (bicyclic) bond motifs is 1. The summed E-state index contributed by atoms with van der Waals surface area (Å²) in [5.74, 6) is -0.550. The maximum atomic E-state index is 12.9. The van der Waals surface area contributed by atoms with Gasteiger partial charge in [0.05, 0.1) is 24.5 Å². The van der Waals surface area contributed by atoms with Crippen LogP contribution in [0, 0.1) is 5.92 Å². The number of alkyl halides is 3. The number of carbonyl (C=O) groups excluding carboxylic acids is 2. The van der Waals surface area contributed by atoms with Crippen LogP contribution in [-0.2, 0) is 9.53 Å². The predicted molar refractivity (Wildman–Crippen MR) is 84.2 cm³/mol. The highest BCUT2D eigenvalue weighted by atomic mass is 19.4. The Morgan fingerprint density at radius 2 is 1.88 bits per heavy atom. The third-order valence-corrected chi connectivity index (χ3v) is 4.12. The molecule has 0 saturated heterocycles. The zero-order chi connectivity index (χ0) is 18.2. The number of rotatable bonds is 3. The van der Waals surface area contributed by atoms with Crippen LogP contribution in [0.3, 0.4) is 0 Å². The summed E-state index contributed by atoms with van der Waals surface area (Å²) in [7, 11) is 0. The van der Waals surface area contributed by atoms with Gasteiger partial charge in [0.2, 0.25) is 5.91 Å². The van der Waals surface area contributed by atoms with Crippen LogP contribution in [0.5, 0.6) is 0 Å². The number of hydrogen-bond donors (Lipinski definition) is 1. The monoisotopic (exact) mass is 357 g/mol. The van der Waals surface area contributed by atoms with Gasteiger partial charge in [0, 0.05) is 0 Å². The number of benzene rings is 1. The highest BCUT2D eigenvalue weighted by molar-refractivity contribution is 6.05. The molecule has 1 aromatic carbocycles. The first-order chi connectivity index (χ1) is 11.8. The molecule has 1 atom stereocenters. The average molecular weight is 357 g/mol. The molecule has 1 fully saturated rings. The quantitative estimate of drug-likeness (QED) is 0.900. The molecular weight excluding hydrogens is 339 g/mol. The molecule has 0 aromatic heterocycles. The standard InChI is InChI=1S/C16H18F3N3O3/c17-16(18,19)9-22-13-4-2-1-3-12(13)21(7-11(20)14(22)23)15(24)25-8-10-5-6-10/h1-4,10-11H,5-9,20H2. The number of ether oxygens (including phenoxy) is 1. The molecule has 1 heterocycles. The summed E-state index contributed by atoms with van der Waals surface area (Å²) in [5.41, 5.74) is 5.92. The summed E-state index contributed by atoms with van der Waals surface area (Å²) in [6, 6.07) is 4.64. The minimum absolute atomic E-state index is 0.0128.